The normalized spacial score (nSPS) is 15.1. The summed E-state index contributed by atoms with van der Waals surface area (Å²) in [6, 6.07) is -4.78. The molecule has 0 aliphatic rings. The molecule has 0 aliphatic heterocycles. The van der Waals surface area contributed by atoms with E-state index in [0.717, 1.165) is 0 Å². The summed E-state index contributed by atoms with van der Waals surface area (Å²) in [6.07, 6.45) is 2.24. The Morgan fingerprint density at radius 2 is 1.68 bits per heavy atom. The molecule has 1 aromatic rings. The Kier molecular flexibility index (Phi) is 13.0. The number of carboxylic acid groups (broad SMARTS) is 1. The molecule has 0 saturated carbocycles. The molecule has 0 aliphatic carbocycles. The number of aliphatic hydroxyl groups excluding tert-OH is 1. The van der Waals surface area contributed by atoms with E-state index in [0.29, 0.717) is 12.1 Å². The summed E-state index contributed by atoms with van der Waals surface area (Å²) in [6.45, 7) is 5.18. The Hall–Kier alpha value is -3.72. The maximum absolute atomic E-state index is 13.2. The number of imidazole rings is 1. The number of aromatic nitrogens is 2. The molecule has 3 amide bonds. The first-order chi connectivity index (χ1) is 17.3. The number of aliphatic hydroxyl groups is 1. The van der Waals surface area contributed by atoms with Gasteiger partial charge in [-0.05, 0) is 32.1 Å². The van der Waals surface area contributed by atoms with Crippen molar-refractivity contribution in [2.75, 3.05) is 6.54 Å². The lowest BCUT2D eigenvalue weighted by molar-refractivity contribution is -0.145. The molecule has 1 aromatic heterocycles. The second kappa shape index (κ2) is 15.4. The minimum Gasteiger partial charge on any atom is -0.480 e. The Morgan fingerprint density at radius 3 is 2.19 bits per heavy atom. The SMILES string of the molecule is CC(C)CC(N)C(=O)NC(Cc1cnc[nH]1)C(=O)NC(CCCN=C(N)N)C(=O)NC(C(=O)O)C(C)O. The van der Waals surface area contributed by atoms with Crippen molar-refractivity contribution in [2.24, 2.45) is 28.1 Å². The second-order valence-electron chi connectivity index (χ2n) is 9.15. The largest absolute Gasteiger partial charge is 0.480 e. The van der Waals surface area contributed by atoms with Crippen LogP contribution in [0.2, 0.25) is 0 Å². The van der Waals surface area contributed by atoms with Gasteiger partial charge in [-0.1, -0.05) is 13.8 Å². The highest BCUT2D eigenvalue weighted by molar-refractivity contribution is 5.94. The maximum atomic E-state index is 13.2. The zero-order valence-electron chi connectivity index (χ0n) is 21.3. The van der Waals surface area contributed by atoms with Crippen LogP contribution in [0.5, 0.6) is 0 Å². The van der Waals surface area contributed by atoms with Crippen molar-refractivity contribution < 1.29 is 29.4 Å². The van der Waals surface area contributed by atoms with Crippen LogP contribution in [0.4, 0.5) is 0 Å². The fourth-order valence-electron chi connectivity index (χ4n) is 3.41. The van der Waals surface area contributed by atoms with Gasteiger partial charge in [-0.3, -0.25) is 19.4 Å². The standard InChI is InChI=1S/C22H39N9O6/c1-11(2)7-14(23)18(33)30-16(8-13-9-26-10-28-13)20(35)29-15(5-4-6-27-22(24)25)19(34)31-17(12(3)32)21(36)37/h9-12,14-17,32H,4-8,23H2,1-3H3,(H,26,28)(H,29,35)(H,30,33)(H,31,34)(H,36,37)(H4,24,25,27). The zero-order valence-corrected chi connectivity index (χ0v) is 21.3. The Balaban J connectivity index is 3.09. The molecule has 15 heteroatoms. The fraction of sp³-hybridized carbons (Fsp3) is 0.636. The van der Waals surface area contributed by atoms with Gasteiger partial charge in [-0.15, -0.1) is 0 Å². The molecule has 0 bridgehead atoms. The van der Waals surface area contributed by atoms with Crippen LogP contribution in [0, 0.1) is 5.92 Å². The van der Waals surface area contributed by atoms with E-state index < -0.39 is 54.0 Å². The van der Waals surface area contributed by atoms with Gasteiger partial charge in [-0.2, -0.15) is 0 Å². The van der Waals surface area contributed by atoms with Crippen LogP contribution < -0.4 is 33.2 Å². The highest BCUT2D eigenvalue weighted by Gasteiger charge is 2.32. The molecular weight excluding hydrogens is 486 g/mol. The van der Waals surface area contributed by atoms with Crippen molar-refractivity contribution in [3.05, 3.63) is 18.2 Å². The number of nitrogens with zero attached hydrogens (tertiary/aromatic N) is 2. The number of H-pyrrole nitrogens is 1. The topological polar surface area (TPSA) is 264 Å². The number of hydrogen-bond donors (Lipinski definition) is 9. The molecule has 0 radical (unpaired) electrons. The van der Waals surface area contributed by atoms with Crippen molar-refractivity contribution in [3.8, 4) is 0 Å². The number of nitrogens with two attached hydrogens (primary N) is 3. The van der Waals surface area contributed by atoms with E-state index in [4.69, 9.17) is 17.2 Å². The molecule has 5 unspecified atom stereocenters. The molecule has 1 heterocycles. The van der Waals surface area contributed by atoms with Gasteiger partial charge in [0.1, 0.15) is 12.1 Å². The van der Waals surface area contributed by atoms with Crippen LogP contribution in [0.15, 0.2) is 17.5 Å². The number of aromatic amines is 1. The van der Waals surface area contributed by atoms with Crippen LogP contribution in [0.3, 0.4) is 0 Å². The Labute approximate surface area is 215 Å². The van der Waals surface area contributed by atoms with Crippen molar-refractivity contribution in [3.63, 3.8) is 0 Å². The number of nitrogens with one attached hydrogen (secondary N) is 4. The van der Waals surface area contributed by atoms with Gasteiger partial charge < -0.3 is 48.3 Å². The quantitative estimate of drug-likeness (QED) is 0.0612. The number of aliphatic imine (C=N–C) groups is 1. The lowest BCUT2D eigenvalue weighted by Crippen LogP contribution is -2.58. The van der Waals surface area contributed by atoms with Gasteiger partial charge in [0.2, 0.25) is 17.7 Å². The average Bonchev–Trinajstić information content (AvgIpc) is 3.30. The maximum Gasteiger partial charge on any atom is 0.328 e. The van der Waals surface area contributed by atoms with E-state index in [9.17, 15) is 29.4 Å². The molecule has 208 valence electrons. The van der Waals surface area contributed by atoms with E-state index in [1.165, 1.54) is 19.4 Å². The minimum absolute atomic E-state index is 0.0275. The Morgan fingerprint density at radius 1 is 1.05 bits per heavy atom. The highest BCUT2D eigenvalue weighted by Crippen LogP contribution is 2.07. The number of guanidine groups is 1. The summed E-state index contributed by atoms with van der Waals surface area (Å²) in [5.74, 6) is -3.53. The summed E-state index contributed by atoms with van der Waals surface area (Å²) < 4.78 is 0. The van der Waals surface area contributed by atoms with Crippen LogP contribution in [0.1, 0.15) is 45.7 Å². The van der Waals surface area contributed by atoms with Crippen molar-refractivity contribution in [1.82, 2.24) is 25.9 Å². The molecule has 1 rings (SSSR count). The molecule has 0 saturated heterocycles. The first-order valence-electron chi connectivity index (χ1n) is 11.9. The lowest BCUT2D eigenvalue weighted by atomic mass is 10.0. The molecular formula is C22H39N9O6. The number of carbonyl (C=O) groups excluding carboxylic acids is 3. The number of amides is 3. The monoisotopic (exact) mass is 525 g/mol. The predicted molar refractivity (Wildman–Crippen MR) is 135 cm³/mol. The van der Waals surface area contributed by atoms with Crippen LogP contribution in [-0.4, -0.2) is 86.6 Å². The molecule has 37 heavy (non-hydrogen) atoms. The molecule has 0 fully saturated rings. The van der Waals surface area contributed by atoms with Gasteiger partial charge in [-0.25, -0.2) is 9.78 Å². The first kappa shape index (κ1) is 31.3. The molecule has 12 N–H and O–H groups in total. The van der Waals surface area contributed by atoms with Crippen LogP contribution in [-0.2, 0) is 25.6 Å². The van der Waals surface area contributed by atoms with E-state index in [1.54, 1.807) is 0 Å². The number of rotatable bonds is 16. The van der Waals surface area contributed by atoms with Gasteiger partial charge in [0.15, 0.2) is 12.0 Å². The summed E-state index contributed by atoms with van der Waals surface area (Å²) in [5.41, 5.74) is 17.1. The molecule has 15 nitrogen and oxygen atoms in total. The van der Waals surface area contributed by atoms with Gasteiger partial charge in [0.25, 0.3) is 0 Å². The van der Waals surface area contributed by atoms with Crippen molar-refractivity contribution in [2.45, 2.75) is 76.7 Å². The second-order valence-corrected chi connectivity index (χ2v) is 9.15. The summed E-state index contributed by atoms with van der Waals surface area (Å²) in [7, 11) is 0. The summed E-state index contributed by atoms with van der Waals surface area (Å²) >= 11 is 0. The minimum atomic E-state index is -1.60. The van der Waals surface area contributed by atoms with E-state index in [1.807, 2.05) is 13.8 Å². The average molecular weight is 526 g/mol. The Bertz CT molecular complexity index is 916. The number of carboxylic acids is 1. The van der Waals surface area contributed by atoms with E-state index in [-0.39, 0.29) is 37.7 Å². The van der Waals surface area contributed by atoms with E-state index in [2.05, 4.69) is 30.9 Å². The smallest absolute Gasteiger partial charge is 0.328 e. The zero-order chi connectivity index (χ0) is 28.1. The summed E-state index contributed by atoms with van der Waals surface area (Å²) in [5, 5.41) is 26.4. The number of carbonyl (C=O) groups is 4. The van der Waals surface area contributed by atoms with Gasteiger partial charge >= 0.3 is 5.97 Å². The third-order valence-corrected chi connectivity index (χ3v) is 5.30. The number of aliphatic carboxylic acids is 1. The summed E-state index contributed by atoms with van der Waals surface area (Å²) in [4.78, 5) is 60.8. The molecule has 0 aromatic carbocycles. The third kappa shape index (κ3) is 11.7. The van der Waals surface area contributed by atoms with Crippen molar-refractivity contribution in [1.29, 1.82) is 0 Å². The predicted octanol–water partition coefficient (Wildman–Crippen LogP) is -2.70. The van der Waals surface area contributed by atoms with Gasteiger partial charge in [0.05, 0.1) is 18.5 Å². The van der Waals surface area contributed by atoms with Gasteiger partial charge in [0, 0.05) is 24.9 Å². The van der Waals surface area contributed by atoms with Crippen LogP contribution >= 0.6 is 0 Å². The molecule has 0 spiro atoms. The fourth-order valence-corrected chi connectivity index (χ4v) is 3.41. The third-order valence-electron chi connectivity index (χ3n) is 5.30. The van der Waals surface area contributed by atoms with E-state index >= 15 is 0 Å². The first-order valence-corrected chi connectivity index (χ1v) is 11.9. The van der Waals surface area contributed by atoms with Crippen molar-refractivity contribution >= 4 is 29.7 Å². The highest BCUT2D eigenvalue weighted by atomic mass is 16.4. The lowest BCUT2D eigenvalue weighted by Gasteiger charge is -2.26. The number of hydrogen-bond acceptors (Lipinski definition) is 8. The molecule has 5 atom stereocenters. The van der Waals surface area contributed by atoms with Crippen LogP contribution in [0.25, 0.3) is 0 Å².